The van der Waals surface area contributed by atoms with Crippen LogP contribution < -0.4 is 15.4 Å². The third-order valence-corrected chi connectivity index (χ3v) is 5.99. The molecule has 35 heavy (non-hydrogen) atoms. The number of ether oxygens (including phenoxy) is 2. The van der Waals surface area contributed by atoms with Crippen molar-refractivity contribution in [1.29, 1.82) is 0 Å². The van der Waals surface area contributed by atoms with Crippen LogP contribution >= 0.6 is 0 Å². The number of benzene rings is 1. The maximum atomic E-state index is 9.50. The largest absolute Gasteiger partial charge is 0.462 e. The summed E-state index contributed by atoms with van der Waals surface area (Å²) in [6.45, 7) is 6.07. The molecule has 0 saturated carbocycles. The number of rotatable bonds is 5. The molecule has 0 fully saturated rings. The SMILES string of the molecule is Cc1ccc(Oc2ccc(NC3=NC=NC4C=CC(NC5=NC(C)(CO)CO5)=CC34)cc2C)cn1. The van der Waals surface area contributed by atoms with E-state index in [2.05, 4.69) is 36.7 Å². The zero-order valence-electron chi connectivity index (χ0n) is 19.9. The Bertz CT molecular complexity index is 1260. The number of aliphatic imine (C=N–C) groups is 3. The van der Waals surface area contributed by atoms with Crippen molar-refractivity contribution in [3.63, 3.8) is 0 Å². The number of aliphatic hydroxyl groups is 1. The Morgan fingerprint density at radius 2 is 2.09 bits per heavy atom. The van der Waals surface area contributed by atoms with Gasteiger partial charge in [0, 0.05) is 17.1 Å². The van der Waals surface area contributed by atoms with Gasteiger partial charge < -0.3 is 25.2 Å². The fourth-order valence-electron chi connectivity index (χ4n) is 3.94. The normalized spacial score (nSPS) is 24.6. The molecule has 0 radical (unpaired) electrons. The highest BCUT2D eigenvalue weighted by molar-refractivity contribution is 6.04. The van der Waals surface area contributed by atoms with Gasteiger partial charge in [0.25, 0.3) is 6.02 Å². The van der Waals surface area contributed by atoms with Gasteiger partial charge in [0.2, 0.25) is 0 Å². The summed E-state index contributed by atoms with van der Waals surface area (Å²) < 4.78 is 11.6. The van der Waals surface area contributed by atoms with E-state index >= 15 is 0 Å². The van der Waals surface area contributed by atoms with Crippen molar-refractivity contribution in [3.05, 3.63) is 71.7 Å². The minimum Gasteiger partial charge on any atom is -0.462 e. The lowest BCUT2D eigenvalue weighted by molar-refractivity contribution is 0.168. The monoisotopic (exact) mass is 472 g/mol. The zero-order valence-corrected chi connectivity index (χ0v) is 19.9. The Hall–Kier alpha value is -3.98. The molecule has 180 valence electrons. The smallest absolute Gasteiger partial charge is 0.290 e. The number of fused-ring (bicyclic) bond motifs is 1. The van der Waals surface area contributed by atoms with E-state index in [0.717, 1.165) is 34.2 Å². The summed E-state index contributed by atoms with van der Waals surface area (Å²) in [4.78, 5) is 17.7. The molecule has 3 aliphatic rings. The van der Waals surface area contributed by atoms with Crippen LogP contribution in [-0.4, -0.2) is 53.1 Å². The first kappa shape index (κ1) is 22.8. The lowest BCUT2D eigenvalue weighted by atomic mass is 9.92. The number of allylic oxidation sites excluding steroid dienone is 1. The minimum atomic E-state index is -0.614. The maximum absolute atomic E-state index is 9.50. The molecular formula is C26H28N6O3. The summed E-state index contributed by atoms with van der Waals surface area (Å²) in [5.74, 6) is 2.18. The predicted molar refractivity (Wildman–Crippen MR) is 136 cm³/mol. The summed E-state index contributed by atoms with van der Waals surface area (Å²) in [6, 6.07) is 10.1. The van der Waals surface area contributed by atoms with E-state index < -0.39 is 5.54 Å². The van der Waals surface area contributed by atoms with Crippen LogP contribution in [0.1, 0.15) is 18.2 Å². The van der Waals surface area contributed by atoms with Crippen LogP contribution in [0.5, 0.6) is 11.5 Å². The van der Waals surface area contributed by atoms with Crippen molar-refractivity contribution in [2.24, 2.45) is 20.9 Å². The molecule has 3 N–H and O–H groups in total. The van der Waals surface area contributed by atoms with Crippen molar-refractivity contribution >= 4 is 23.9 Å². The molecule has 1 aliphatic carbocycles. The van der Waals surface area contributed by atoms with Crippen molar-refractivity contribution < 1.29 is 14.6 Å². The number of amidine groups is 2. The second kappa shape index (κ2) is 9.34. The molecule has 1 aromatic carbocycles. The van der Waals surface area contributed by atoms with E-state index in [9.17, 15) is 5.11 Å². The van der Waals surface area contributed by atoms with Crippen LogP contribution in [0.4, 0.5) is 5.69 Å². The van der Waals surface area contributed by atoms with Gasteiger partial charge in [-0.2, -0.15) is 0 Å². The molecule has 9 nitrogen and oxygen atoms in total. The number of aromatic nitrogens is 1. The molecule has 9 heteroatoms. The molecule has 0 spiro atoms. The zero-order chi connectivity index (χ0) is 24.4. The van der Waals surface area contributed by atoms with Gasteiger partial charge in [-0.3, -0.25) is 9.98 Å². The summed E-state index contributed by atoms with van der Waals surface area (Å²) in [6.07, 6.45) is 9.35. The third kappa shape index (κ3) is 5.09. The van der Waals surface area contributed by atoms with Gasteiger partial charge in [0.15, 0.2) is 0 Å². The van der Waals surface area contributed by atoms with E-state index in [1.165, 1.54) is 0 Å². The first-order valence-electron chi connectivity index (χ1n) is 11.5. The summed E-state index contributed by atoms with van der Waals surface area (Å²) in [5.41, 5.74) is 3.06. The number of hydrogen-bond acceptors (Lipinski definition) is 9. The van der Waals surface area contributed by atoms with Gasteiger partial charge in [-0.15, -0.1) is 0 Å². The lowest BCUT2D eigenvalue weighted by Gasteiger charge is -2.27. The molecule has 2 aliphatic heterocycles. The highest BCUT2D eigenvalue weighted by atomic mass is 16.5. The predicted octanol–water partition coefficient (Wildman–Crippen LogP) is 3.51. The molecule has 3 unspecified atom stereocenters. The van der Waals surface area contributed by atoms with E-state index in [1.807, 2.05) is 63.3 Å². The van der Waals surface area contributed by atoms with Crippen LogP contribution in [0.15, 0.2) is 75.4 Å². The second-order valence-corrected chi connectivity index (χ2v) is 9.10. The van der Waals surface area contributed by atoms with Gasteiger partial charge in [-0.1, -0.05) is 6.08 Å². The summed E-state index contributed by atoms with van der Waals surface area (Å²) >= 11 is 0. The number of aliphatic hydroxyl groups excluding tert-OH is 1. The molecule has 3 heterocycles. The highest BCUT2D eigenvalue weighted by Crippen LogP contribution is 2.29. The molecule has 3 atom stereocenters. The van der Waals surface area contributed by atoms with Gasteiger partial charge in [-0.05, 0) is 68.8 Å². The molecule has 5 rings (SSSR count). The number of anilines is 1. The van der Waals surface area contributed by atoms with Crippen LogP contribution in [-0.2, 0) is 4.74 Å². The third-order valence-electron chi connectivity index (χ3n) is 5.99. The Balaban J connectivity index is 1.29. The van der Waals surface area contributed by atoms with Gasteiger partial charge in [-0.25, -0.2) is 9.98 Å². The minimum absolute atomic E-state index is 0.0487. The van der Waals surface area contributed by atoms with Gasteiger partial charge in [0.05, 0.1) is 24.8 Å². The average Bonchev–Trinajstić information content (AvgIpc) is 3.23. The van der Waals surface area contributed by atoms with E-state index in [-0.39, 0.29) is 18.6 Å². The molecule has 1 aromatic heterocycles. The summed E-state index contributed by atoms with van der Waals surface area (Å²) in [7, 11) is 0. The Kier molecular flexibility index (Phi) is 6.08. The Morgan fingerprint density at radius 1 is 1.20 bits per heavy atom. The molecule has 0 bridgehead atoms. The van der Waals surface area contributed by atoms with Crippen LogP contribution in [0.2, 0.25) is 0 Å². The molecule has 2 aromatic rings. The fourth-order valence-corrected chi connectivity index (χ4v) is 3.94. The van der Waals surface area contributed by atoms with Gasteiger partial charge in [0.1, 0.15) is 35.8 Å². The van der Waals surface area contributed by atoms with Crippen molar-refractivity contribution in [3.8, 4) is 11.5 Å². The second-order valence-electron chi connectivity index (χ2n) is 9.10. The van der Waals surface area contributed by atoms with Crippen LogP contribution in [0, 0.1) is 19.8 Å². The Labute approximate surface area is 204 Å². The molecule has 0 amide bonds. The van der Waals surface area contributed by atoms with Gasteiger partial charge >= 0.3 is 0 Å². The van der Waals surface area contributed by atoms with Crippen molar-refractivity contribution in [2.45, 2.75) is 32.4 Å². The number of pyridine rings is 1. The average molecular weight is 473 g/mol. The lowest BCUT2D eigenvalue weighted by Crippen LogP contribution is -2.36. The molecular weight excluding hydrogens is 444 g/mol. The maximum Gasteiger partial charge on any atom is 0.290 e. The number of nitrogens with one attached hydrogen (secondary N) is 2. The first-order valence-corrected chi connectivity index (χ1v) is 11.5. The Morgan fingerprint density at radius 3 is 2.83 bits per heavy atom. The van der Waals surface area contributed by atoms with E-state index in [1.54, 1.807) is 12.5 Å². The van der Waals surface area contributed by atoms with E-state index in [0.29, 0.717) is 18.4 Å². The first-order chi connectivity index (χ1) is 16.9. The number of nitrogens with zero attached hydrogens (tertiary/aromatic N) is 4. The molecule has 0 saturated heterocycles. The van der Waals surface area contributed by atoms with Crippen molar-refractivity contribution in [1.82, 2.24) is 10.3 Å². The van der Waals surface area contributed by atoms with E-state index in [4.69, 9.17) is 9.47 Å². The highest BCUT2D eigenvalue weighted by Gasteiger charge is 2.32. The number of aryl methyl sites for hydroxylation is 2. The topological polar surface area (TPSA) is 113 Å². The number of hydrogen-bond donors (Lipinski definition) is 3. The van der Waals surface area contributed by atoms with Crippen molar-refractivity contribution in [2.75, 3.05) is 18.5 Å². The fraction of sp³-hybridized carbons (Fsp3) is 0.308. The van der Waals surface area contributed by atoms with Crippen LogP contribution in [0.3, 0.4) is 0 Å². The van der Waals surface area contributed by atoms with Crippen LogP contribution in [0.25, 0.3) is 0 Å². The standard InChI is InChI=1S/C26H28N6O3/c1-16-10-18(6-9-23(16)35-20-7-4-17(2)27-12-20)30-24-21-11-19(5-8-22(21)28-15-29-24)31-25-32-26(3,13-33)14-34-25/h4-12,15,21-22,33H,13-14H2,1-3H3,(H,31,32)(H,28,29,30). The summed E-state index contributed by atoms with van der Waals surface area (Å²) in [5, 5.41) is 16.2. The quantitative estimate of drug-likeness (QED) is 0.614.